The van der Waals surface area contributed by atoms with Crippen molar-refractivity contribution in [3.63, 3.8) is 0 Å². The van der Waals surface area contributed by atoms with Gasteiger partial charge < -0.3 is 19.9 Å². The third-order valence-corrected chi connectivity index (χ3v) is 5.54. The lowest BCUT2D eigenvalue weighted by molar-refractivity contribution is 0.174. The van der Waals surface area contributed by atoms with Crippen LogP contribution >= 0.6 is 0 Å². The molecule has 0 amide bonds. The SMILES string of the molecule is CC(C)c1ccc([C@@H]2C(C#N)=C(N)Oc3n[nH]c(-c4ccc5c(c4)OCO5)c32)cc1. The van der Waals surface area contributed by atoms with Crippen LogP contribution in [0.5, 0.6) is 17.4 Å². The zero-order valence-corrected chi connectivity index (χ0v) is 16.6. The van der Waals surface area contributed by atoms with E-state index in [9.17, 15) is 5.26 Å². The number of aromatic amines is 1. The fourth-order valence-corrected chi connectivity index (χ4v) is 3.92. The molecule has 0 aliphatic carbocycles. The Kier molecular flexibility index (Phi) is 4.14. The summed E-state index contributed by atoms with van der Waals surface area (Å²) in [5.74, 6) is 1.84. The first-order valence-corrected chi connectivity index (χ1v) is 9.72. The lowest BCUT2D eigenvalue weighted by Crippen LogP contribution is -2.21. The Morgan fingerprint density at radius 3 is 2.63 bits per heavy atom. The van der Waals surface area contributed by atoms with Crippen molar-refractivity contribution in [1.29, 1.82) is 5.26 Å². The second-order valence-corrected chi connectivity index (χ2v) is 7.63. The number of nitrogens with two attached hydrogens (primary N) is 1. The monoisotopic (exact) mass is 400 g/mol. The first-order valence-electron chi connectivity index (χ1n) is 9.72. The lowest BCUT2D eigenvalue weighted by Gasteiger charge is -2.24. The van der Waals surface area contributed by atoms with E-state index in [1.165, 1.54) is 5.56 Å². The standard InChI is InChI=1S/C23H20N4O3/c1-12(2)13-3-5-14(6-4-13)19-16(10-24)22(25)30-23-20(19)21(26-27-23)15-7-8-17-18(9-15)29-11-28-17/h3-9,12,19H,11,25H2,1-2H3,(H,26,27)/t19-/m1/s1. The van der Waals surface area contributed by atoms with Crippen LogP contribution in [-0.4, -0.2) is 17.0 Å². The van der Waals surface area contributed by atoms with Gasteiger partial charge in [0.1, 0.15) is 11.6 Å². The minimum atomic E-state index is -0.390. The molecule has 150 valence electrons. The van der Waals surface area contributed by atoms with Crippen LogP contribution in [0.1, 0.15) is 42.4 Å². The van der Waals surface area contributed by atoms with E-state index in [-0.39, 0.29) is 18.6 Å². The number of aromatic nitrogens is 2. The Morgan fingerprint density at radius 2 is 1.90 bits per heavy atom. The van der Waals surface area contributed by atoms with E-state index < -0.39 is 0 Å². The van der Waals surface area contributed by atoms with Crippen molar-refractivity contribution in [2.45, 2.75) is 25.7 Å². The molecule has 0 saturated carbocycles. The summed E-state index contributed by atoms with van der Waals surface area (Å²) in [6, 6.07) is 16.2. The molecule has 7 nitrogen and oxygen atoms in total. The van der Waals surface area contributed by atoms with Crippen molar-refractivity contribution in [2.24, 2.45) is 5.73 Å². The van der Waals surface area contributed by atoms with Crippen molar-refractivity contribution in [3.8, 4) is 34.7 Å². The third kappa shape index (κ3) is 2.77. The van der Waals surface area contributed by atoms with E-state index in [2.05, 4.69) is 42.2 Å². The van der Waals surface area contributed by atoms with E-state index in [1.54, 1.807) is 0 Å². The number of allylic oxidation sites excluding steroid dienone is 1. The zero-order chi connectivity index (χ0) is 20.8. The van der Waals surface area contributed by atoms with Gasteiger partial charge in [-0.2, -0.15) is 5.26 Å². The van der Waals surface area contributed by atoms with E-state index in [1.807, 2.05) is 30.3 Å². The maximum Gasteiger partial charge on any atom is 0.244 e. The van der Waals surface area contributed by atoms with E-state index in [0.717, 1.165) is 22.4 Å². The number of nitrogens with one attached hydrogen (secondary N) is 1. The van der Waals surface area contributed by atoms with Crippen molar-refractivity contribution in [3.05, 3.63) is 70.6 Å². The highest BCUT2D eigenvalue weighted by Crippen LogP contribution is 2.47. The summed E-state index contributed by atoms with van der Waals surface area (Å²) in [5, 5.41) is 17.2. The highest BCUT2D eigenvalue weighted by Gasteiger charge is 2.35. The molecule has 2 aromatic carbocycles. The molecule has 0 spiro atoms. The quantitative estimate of drug-likeness (QED) is 0.684. The van der Waals surface area contributed by atoms with Crippen LogP contribution in [-0.2, 0) is 0 Å². The fourth-order valence-electron chi connectivity index (χ4n) is 3.92. The summed E-state index contributed by atoms with van der Waals surface area (Å²) in [6.07, 6.45) is 0. The fraction of sp³-hybridized carbons (Fsp3) is 0.217. The minimum absolute atomic E-state index is 0.0756. The maximum absolute atomic E-state index is 9.85. The summed E-state index contributed by atoms with van der Waals surface area (Å²) < 4.78 is 16.6. The van der Waals surface area contributed by atoms with Crippen LogP contribution in [0.25, 0.3) is 11.3 Å². The van der Waals surface area contributed by atoms with Crippen molar-refractivity contribution in [2.75, 3.05) is 6.79 Å². The Morgan fingerprint density at radius 1 is 1.13 bits per heavy atom. The van der Waals surface area contributed by atoms with Gasteiger partial charge in [0.05, 0.1) is 17.2 Å². The first kappa shape index (κ1) is 18.1. The molecule has 0 bridgehead atoms. The van der Waals surface area contributed by atoms with Crippen LogP contribution in [0.4, 0.5) is 0 Å². The third-order valence-electron chi connectivity index (χ3n) is 5.54. The highest BCUT2D eigenvalue weighted by molar-refractivity contribution is 5.73. The van der Waals surface area contributed by atoms with E-state index in [0.29, 0.717) is 28.9 Å². The smallest absolute Gasteiger partial charge is 0.244 e. The summed E-state index contributed by atoms with van der Waals surface area (Å²) in [4.78, 5) is 0. The summed E-state index contributed by atoms with van der Waals surface area (Å²) in [7, 11) is 0. The molecule has 1 aromatic heterocycles. The van der Waals surface area contributed by atoms with Gasteiger partial charge in [0.25, 0.3) is 0 Å². The van der Waals surface area contributed by atoms with Gasteiger partial charge in [0, 0.05) is 5.56 Å². The van der Waals surface area contributed by atoms with Crippen LogP contribution in [0, 0.1) is 11.3 Å². The van der Waals surface area contributed by atoms with E-state index in [4.69, 9.17) is 19.9 Å². The number of benzene rings is 2. The number of nitriles is 1. The predicted molar refractivity (Wildman–Crippen MR) is 110 cm³/mol. The molecule has 3 heterocycles. The number of hydrogen-bond acceptors (Lipinski definition) is 6. The van der Waals surface area contributed by atoms with Crippen molar-refractivity contribution >= 4 is 0 Å². The Balaban J connectivity index is 1.66. The first-order chi connectivity index (χ1) is 14.6. The van der Waals surface area contributed by atoms with Crippen LogP contribution in [0.2, 0.25) is 0 Å². The molecule has 3 aromatic rings. The van der Waals surface area contributed by atoms with Crippen LogP contribution in [0.15, 0.2) is 53.9 Å². The van der Waals surface area contributed by atoms with Crippen LogP contribution < -0.4 is 19.9 Å². The Bertz CT molecular complexity index is 1200. The molecule has 7 heteroatoms. The molecule has 30 heavy (non-hydrogen) atoms. The minimum Gasteiger partial charge on any atom is -0.454 e. The van der Waals surface area contributed by atoms with Crippen molar-refractivity contribution < 1.29 is 14.2 Å². The summed E-state index contributed by atoms with van der Waals surface area (Å²) in [5.41, 5.74) is 11.0. The number of fused-ring (bicyclic) bond motifs is 2. The van der Waals surface area contributed by atoms with E-state index >= 15 is 0 Å². The summed E-state index contributed by atoms with van der Waals surface area (Å²) >= 11 is 0. The van der Waals surface area contributed by atoms with Gasteiger partial charge in [-0.15, -0.1) is 5.10 Å². The predicted octanol–water partition coefficient (Wildman–Crippen LogP) is 4.15. The van der Waals surface area contributed by atoms with Crippen LogP contribution in [0.3, 0.4) is 0 Å². The van der Waals surface area contributed by atoms with Gasteiger partial charge >= 0.3 is 0 Å². The van der Waals surface area contributed by atoms with Gasteiger partial charge in [0.2, 0.25) is 18.6 Å². The highest BCUT2D eigenvalue weighted by atomic mass is 16.7. The molecular formula is C23H20N4O3. The zero-order valence-electron chi connectivity index (χ0n) is 16.6. The molecule has 0 fully saturated rings. The maximum atomic E-state index is 9.85. The molecule has 0 saturated heterocycles. The average molecular weight is 400 g/mol. The molecule has 2 aliphatic heterocycles. The largest absolute Gasteiger partial charge is 0.454 e. The lowest BCUT2D eigenvalue weighted by atomic mass is 9.82. The van der Waals surface area contributed by atoms with Gasteiger partial charge in [-0.1, -0.05) is 38.1 Å². The topological polar surface area (TPSA) is 106 Å². The molecular weight excluding hydrogens is 380 g/mol. The number of rotatable bonds is 3. The average Bonchev–Trinajstić information content (AvgIpc) is 3.38. The number of H-pyrrole nitrogens is 1. The Labute approximate surface area is 173 Å². The second-order valence-electron chi connectivity index (χ2n) is 7.63. The van der Waals surface area contributed by atoms with Gasteiger partial charge in [-0.25, -0.2) is 0 Å². The second kappa shape index (κ2) is 6.85. The molecule has 1 atom stereocenters. The molecule has 2 aliphatic rings. The number of hydrogen-bond donors (Lipinski definition) is 2. The van der Waals surface area contributed by atoms with Gasteiger partial charge in [0.15, 0.2) is 11.5 Å². The van der Waals surface area contributed by atoms with Gasteiger partial charge in [-0.3, -0.25) is 5.10 Å². The Hall–Kier alpha value is -3.92. The molecule has 5 rings (SSSR count). The van der Waals surface area contributed by atoms with Gasteiger partial charge in [-0.05, 0) is 35.2 Å². The molecule has 0 radical (unpaired) electrons. The molecule has 3 N–H and O–H groups in total. The molecule has 0 unspecified atom stereocenters. The van der Waals surface area contributed by atoms with Crippen molar-refractivity contribution in [1.82, 2.24) is 10.2 Å². The summed E-state index contributed by atoms with van der Waals surface area (Å²) in [6.45, 7) is 4.49. The normalized spacial score (nSPS) is 16.9. The number of nitrogens with zero attached hydrogens (tertiary/aromatic N) is 2. The number of ether oxygens (including phenoxy) is 3.